The van der Waals surface area contributed by atoms with E-state index in [4.69, 9.17) is 0 Å². The van der Waals surface area contributed by atoms with Crippen LogP contribution in [0.3, 0.4) is 0 Å². The smallest absolute Gasteiger partial charge is 0.221 e. The Morgan fingerprint density at radius 3 is 2.75 bits per heavy atom. The van der Waals surface area contributed by atoms with Crippen LogP contribution in [0.1, 0.15) is 31.1 Å². The number of benzene rings is 1. The topological polar surface area (TPSA) is 54.0 Å². The third-order valence-electron chi connectivity index (χ3n) is 3.09. The van der Waals surface area contributed by atoms with Gasteiger partial charge in [0, 0.05) is 24.8 Å². The van der Waals surface area contributed by atoms with E-state index in [-0.39, 0.29) is 11.9 Å². The fraction of sp³-hybridized carbons (Fsp3) is 0.250. The molecule has 0 saturated carbocycles. The molecule has 0 aliphatic carbocycles. The molecule has 1 atom stereocenters. The van der Waals surface area contributed by atoms with E-state index in [1.165, 1.54) is 6.92 Å². The minimum absolute atomic E-state index is 0.0640. The molecule has 104 valence electrons. The van der Waals surface area contributed by atoms with Gasteiger partial charge < -0.3 is 10.6 Å². The first kappa shape index (κ1) is 14.1. The quantitative estimate of drug-likeness (QED) is 0.893. The largest absolute Gasteiger partial charge is 0.377 e. The molecule has 4 heteroatoms. The number of carbonyl (C=O) groups excluding carboxylic acids is 1. The van der Waals surface area contributed by atoms with Gasteiger partial charge in [-0.15, -0.1) is 0 Å². The number of carbonyl (C=O) groups is 1. The van der Waals surface area contributed by atoms with Gasteiger partial charge in [0.2, 0.25) is 5.91 Å². The second-order valence-corrected chi connectivity index (χ2v) is 4.81. The van der Waals surface area contributed by atoms with E-state index >= 15 is 0 Å². The van der Waals surface area contributed by atoms with Gasteiger partial charge in [0.05, 0.1) is 11.4 Å². The molecule has 0 saturated heterocycles. The van der Waals surface area contributed by atoms with E-state index in [0.717, 1.165) is 22.6 Å². The summed E-state index contributed by atoms with van der Waals surface area (Å²) in [4.78, 5) is 15.4. The Morgan fingerprint density at radius 2 is 2.05 bits per heavy atom. The molecule has 0 spiro atoms. The Bertz CT molecular complexity index is 610. The van der Waals surface area contributed by atoms with E-state index in [1.807, 2.05) is 43.3 Å². The number of amides is 1. The van der Waals surface area contributed by atoms with Crippen LogP contribution in [0.5, 0.6) is 0 Å². The van der Waals surface area contributed by atoms with Crippen molar-refractivity contribution in [3.8, 4) is 0 Å². The predicted octanol–water partition coefficient (Wildman–Crippen LogP) is 3.52. The number of anilines is 2. The molecule has 0 aliphatic rings. The Kier molecular flexibility index (Phi) is 4.35. The third kappa shape index (κ3) is 3.57. The monoisotopic (exact) mass is 269 g/mol. The van der Waals surface area contributed by atoms with Gasteiger partial charge in [-0.25, -0.2) is 0 Å². The summed E-state index contributed by atoms with van der Waals surface area (Å²) >= 11 is 0. The molecular weight excluding hydrogens is 250 g/mol. The van der Waals surface area contributed by atoms with Gasteiger partial charge in [0.15, 0.2) is 0 Å². The molecule has 0 bridgehead atoms. The molecule has 1 amide bonds. The molecule has 0 radical (unpaired) electrons. The molecule has 0 fully saturated rings. The van der Waals surface area contributed by atoms with Crippen LogP contribution < -0.4 is 10.6 Å². The number of aryl methyl sites for hydroxylation is 1. The predicted molar refractivity (Wildman–Crippen MR) is 81.8 cm³/mol. The number of hydrogen-bond donors (Lipinski definition) is 2. The van der Waals surface area contributed by atoms with Crippen molar-refractivity contribution >= 4 is 17.3 Å². The second-order valence-electron chi connectivity index (χ2n) is 4.81. The van der Waals surface area contributed by atoms with Gasteiger partial charge in [-0.3, -0.25) is 9.78 Å². The highest BCUT2D eigenvalue weighted by Gasteiger charge is 2.08. The third-order valence-corrected chi connectivity index (χ3v) is 3.09. The van der Waals surface area contributed by atoms with Crippen molar-refractivity contribution in [1.29, 1.82) is 0 Å². The Labute approximate surface area is 119 Å². The highest BCUT2D eigenvalue weighted by atomic mass is 16.1. The first-order valence-electron chi connectivity index (χ1n) is 6.62. The summed E-state index contributed by atoms with van der Waals surface area (Å²) in [6.07, 6.45) is 1.78. The van der Waals surface area contributed by atoms with Crippen LogP contribution in [0, 0.1) is 6.92 Å². The first-order chi connectivity index (χ1) is 9.56. The Balaban J connectivity index is 2.15. The van der Waals surface area contributed by atoms with E-state index in [2.05, 4.69) is 22.5 Å². The van der Waals surface area contributed by atoms with Crippen molar-refractivity contribution in [2.24, 2.45) is 0 Å². The van der Waals surface area contributed by atoms with Crippen LogP contribution in [-0.4, -0.2) is 10.9 Å². The summed E-state index contributed by atoms with van der Waals surface area (Å²) in [6.45, 7) is 5.56. The lowest BCUT2D eigenvalue weighted by Crippen LogP contribution is -2.10. The molecule has 2 N–H and O–H groups in total. The van der Waals surface area contributed by atoms with Crippen LogP contribution >= 0.6 is 0 Å². The summed E-state index contributed by atoms with van der Waals surface area (Å²) in [5.74, 6) is -0.0640. The number of hydrogen-bond acceptors (Lipinski definition) is 3. The molecule has 4 nitrogen and oxygen atoms in total. The molecule has 1 aromatic carbocycles. The van der Waals surface area contributed by atoms with Crippen molar-refractivity contribution in [3.05, 3.63) is 53.9 Å². The molecule has 0 aliphatic heterocycles. The summed E-state index contributed by atoms with van der Waals surface area (Å²) < 4.78 is 0. The van der Waals surface area contributed by atoms with Crippen molar-refractivity contribution < 1.29 is 4.79 Å². The molecule has 2 aromatic rings. The van der Waals surface area contributed by atoms with Crippen molar-refractivity contribution in [2.45, 2.75) is 26.8 Å². The maximum atomic E-state index is 11.1. The van der Waals surface area contributed by atoms with E-state index in [9.17, 15) is 4.79 Å². The molecule has 20 heavy (non-hydrogen) atoms. The zero-order valence-electron chi connectivity index (χ0n) is 12.0. The minimum atomic E-state index is -0.0640. The maximum absolute atomic E-state index is 11.1. The first-order valence-corrected chi connectivity index (χ1v) is 6.62. The molecular formula is C16H19N3O. The van der Waals surface area contributed by atoms with Gasteiger partial charge >= 0.3 is 0 Å². The lowest BCUT2D eigenvalue weighted by atomic mass is 10.1. The lowest BCUT2D eigenvalue weighted by Gasteiger charge is -2.17. The van der Waals surface area contributed by atoms with Crippen molar-refractivity contribution in [1.82, 2.24) is 4.98 Å². The zero-order chi connectivity index (χ0) is 14.5. The highest BCUT2D eigenvalue weighted by Crippen LogP contribution is 2.22. The molecule has 1 aromatic heterocycles. The fourth-order valence-electron chi connectivity index (χ4n) is 2.04. The number of nitrogens with one attached hydrogen (secondary N) is 2. The number of aromatic nitrogens is 1. The van der Waals surface area contributed by atoms with Gasteiger partial charge in [-0.1, -0.05) is 12.1 Å². The van der Waals surface area contributed by atoms with Crippen LogP contribution in [0.4, 0.5) is 11.4 Å². The van der Waals surface area contributed by atoms with Crippen LogP contribution in [0.25, 0.3) is 0 Å². The normalized spacial score (nSPS) is 11.8. The summed E-state index contributed by atoms with van der Waals surface area (Å²) in [5.41, 5.74) is 3.91. The average molecular weight is 269 g/mol. The van der Waals surface area contributed by atoms with Gasteiger partial charge in [-0.2, -0.15) is 0 Å². The summed E-state index contributed by atoms with van der Waals surface area (Å²) in [6, 6.07) is 11.9. The van der Waals surface area contributed by atoms with Gasteiger partial charge in [-0.05, 0) is 43.7 Å². The van der Waals surface area contributed by atoms with Gasteiger partial charge in [0.1, 0.15) is 0 Å². The molecule has 1 unspecified atom stereocenters. The molecule has 2 rings (SSSR count). The van der Waals surface area contributed by atoms with E-state index < -0.39 is 0 Å². The average Bonchev–Trinajstić information content (AvgIpc) is 2.41. The second kappa shape index (κ2) is 6.19. The number of nitrogens with zero attached hydrogens (tertiary/aromatic N) is 1. The van der Waals surface area contributed by atoms with E-state index in [1.54, 1.807) is 6.20 Å². The van der Waals surface area contributed by atoms with Crippen molar-refractivity contribution in [2.75, 3.05) is 10.6 Å². The number of pyridine rings is 1. The van der Waals surface area contributed by atoms with Crippen LogP contribution in [0.15, 0.2) is 42.6 Å². The Hall–Kier alpha value is -2.36. The van der Waals surface area contributed by atoms with Crippen LogP contribution in [-0.2, 0) is 4.79 Å². The Morgan fingerprint density at radius 1 is 1.25 bits per heavy atom. The lowest BCUT2D eigenvalue weighted by molar-refractivity contribution is -0.114. The van der Waals surface area contributed by atoms with Gasteiger partial charge in [0.25, 0.3) is 0 Å². The zero-order valence-corrected chi connectivity index (χ0v) is 12.0. The summed E-state index contributed by atoms with van der Waals surface area (Å²) in [5, 5.41) is 6.23. The minimum Gasteiger partial charge on any atom is -0.377 e. The molecule has 1 heterocycles. The maximum Gasteiger partial charge on any atom is 0.221 e. The SMILES string of the molecule is CC(=O)Nc1cccc(C(C)Nc2cccnc2C)c1. The summed E-state index contributed by atoms with van der Waals surface area (Å²) in [7, 11) is 0. The van der Waals surface area contributed by atoms with Crippen LogP contribution in [0.2, 0.25) is 0 Å². The number of rotatable bonds is 4. The van der Waals surface area contributed by atoms with Crippen molar-refractivity contribution in [3.63, 3.8) is 0 Å². The fourth-order valence-corrected chi connectivity index (χ4v) is 2.04. The van der Waals surface area contributed by atoms with E-state index in [0.29, 0.717) is 0 Å². The standard InChI is InChI=1S/C16H19N3O/c1-11(18-16-8-5-9-17-12(16)2)14-6-4-7-15(10-14)19-13(3)20/h4-11,18H,1-3H3,(H,19,20). The highest BCUT2D eigenvalue weighted by molar-refractivity contribution is 5.88.